The van der Waals surface area contributed by atoms with Crippen LogP contribution in [0.3, 0.4) is 0 Å². The summed E-state index contributed by atoms with van der Waals surface area (Å²) in [6, 6.07) is -0.0969. The molecule has 1 saturated heterocycles. The van der Waals surface area contributed by atoms with Crippen molar-refractivity contribution in [3.05, 3.63) is 12.4 Å². The van der Waals surface area contributed by atoms with Gasteiger partial charge < -0.3 is 15.0 Å². The highest BCUT2D eigenvalue weighted by Gasteiger charge is 2.16. The SMILES string of the molecule is CN(CCC[C@@H]1CCCO1)C(=O)Nc1cnn(C)c1. The van der Waals surface area contributed by atoms with Gasteiger partial charge in [0.1, 0.15) is 0 Å². The first kappa shape index (κ1) is 13.9. The van der Waals surface area contributed by atoms with Crippen LogP contribution in [0.5, 0.6) is 0 Å². The van der Waals surface area contributed by atoms with Crippen LogP contribution in [0.1, 0.15) is 25.7 Å². The van der Waals surface area contributed by atoms with Gasteiger partial charge in [-0.2, -0.15) is 5.10 Å². The smallest absolute Gasteiger partial charge is 0.321 e. The lowest BCUT2D eigenvalue weighted by molar-refractivity contribution is 0.101. The summed E-state index contributed by atoms with van der Waals surface area (Å²) in [6.07, 6.45) is 8.14. The lowest BCUT2D eigenvalue weighted by atomic mass is 10.1. The molecule has 1 aromatic heterocycles. The molecule has 2 heterocycles. The second-order valence-corrected chi connectivity index (χ2v) is 5.03. The molecular weight excluding hydrogens is 244 g/mol. The Morgan fingerprint density at radius 3 is 3.16 bits per heavy atom. The largest absolute Gasteiger partial charge is 0.378 e. The van der Waals surface area contributed by atoms with Gasteiger partial charge in [0.15, 0.2) is 0 Å². The highest BCUT2D eigenvalue weighted by Crippen LogP contribution is 2.16. The molecule has 6 nitrogen and oxygen atoms in total. The number of nitrogens with zero attached hydrogens (tertiary/aromatic N) is 3. The van der Waals surface area contributed by atoms with Gasteiger partial charge in [0.2, 0.25) is 0 Å². The maximum absolute atomic E-state index is 11.9. The van der Waals surface area contributed by atoms with Gasteiger partial charge >= 0.3 is 6.03 Å². The Bertz CT molecular complexity index is 413. The minimum Gasteiger partial charge on any atom is -0.378 e. The minimum absolute atomic E-state index is 0.0969. The van der Waals surface area contributed by atoms with Gasteiger partial charge in [-0.15, -0.1) is 0 Å². The normalized spacial score (nSPS) is 18.5. The van der Waals surface area contributed by atoms with Crippen molar-refractivity contribution >= 4 is 11.7 Å². The van der Waals surface area contributed by atoms with E-state index in [0.29, 0.717) is 6.10 Å². The lowest BCUT2D eigenvalue weighted by Gasteiger charge is -2.18. The van der Waals surface area contributed by atoms with Crippen LogP contribution in [-0.2, 0) is 11.8 Å². The highest BCUT2D eigenvalue weighted by molar-refractivity contribution is 5.88. The summed E-state index contributed by atoms with van der Waals surface area (Å²) >= 11 is 0. The minimum atomic E-state index is -0.0969. The number of anilines is 1. The number of carbonyl (C=O) groups excluding carboxylic acids is 1. The lowest BCUT2D eigenvalue weighted by Crippen LogP contribution is -2.32. The fraction of sp³-hybridized carbons (Fsp3) is 0.692. The zero-order chi connectivity index (χ0) is 13.7. The molecule has 0 aliphatic carbocycles. The zero-order valence-corrected chi connectivity index (χ0v) is 11.6. The van der Waals surface area contributed by atoms with E-state index in [1.165, 1.54) is 6.42 Å². The number of nitrogens with one attached hydrogen (secondary N) is 1. The van der Waals surface area contributed by atoms with E-state index < -0.39 is 0 Å². The maximum atomic E-state index is 11.9. The number of aryl methyl sites for hydroxylation is 1. The Balaban J connectivity index is 1.67. The van der Waals surface area contributed by atoms with Crippen molar-refractivity contribution in [2.75, 3.05) is 25.5 Å². The number of amides is 2. The fourth-order valence-corrected chi connectivity index (χ4v) is 2.23. The maximum Gasteiger partial charge on any atom is 0.321 e. The van der Waals surface area contributed by atoms with Crippen LogP contribution < -0.4 is 5.32 Å². The molecule has 0 unspecified atom stereocenters. The Labute approximate surface area is 113 Å². The highest BCUT2D eigenvalue weighted by atomic mass is 16.5. The number of hydrogen-bond acceptors (Lipinski definition) is 3. The number of carbonyl (C=O) groups is 1. The van der Waals surface area contributed by atoms with Crippen molar-refractivity contribution in [2.24, 2.45) is 7.05 Å². The molecule has 6 heteroatoms. The van der Waals surface area contributed by atoms with E-state index in [4.69, 9.17) is 4.74 Å². The van der Waals surface area contributed by atoms with E-state index in [9.17, 15) is 4.79 Å². The number of ether oxygens (including phenoxy) is 1. The summed E-state index contributed by atoms with van der Waals surface area (Å²) in [5, 5.41) is 6.82. The summed E-state index contributed by atoms with van der Waals surface area (Å²) < 4.78 is 7.22. The predicted molar refractivity (Wildman–Crippen MR) is 73.1 cm³/mol. The van der Waals surface area contributed by atoms with Crippen LogP contribution in [0.25, 0.3) is 0 Å². The van der Waals surface area contributed by atoms with E-state index in [1.807, 2.05) is 7.05 Å². The van der Waals surface area contributed by atoms with Gasteiger partial charge in [-0.05, 0) is 25.7 Å². The third-order valence-corrected chi connectivity index (χ3v) is 3.35. The van der Waals surface area contributed by atoms with Crippen molar-refractivity contribution < 1.29 is 9.53 Å². The second-order valence-electron chi connectivity index (χ2n) is 5.03. The molecule has 1 aromatic rings. The molecule has 0 radical (unpaired) electrons. The van der Waals surface area contributed by atoms with E-state index in [2.05, 4.69) is 10.4 Å². The number of hydrogen-bond donors (Lipinski definition) is 1. The van der Waals surface area contributed by atoms with E-state index in [-0.39, 0.29) is 6.03 Å². The molecule has 19 heavy (non-hydrogen) atoms. The van der Waals surface area contributed by atoms with Crippen molar-refractivity contribution in [2.45, 2.75) is 31.8 Å². The second kappa shape index (κ2) is 6.56. The van der Waals surface area contributed by atoms with Crippen LogP contribution in [0.2, 0.25) is 0 Å². The molecule has 0 aromatic carbocycles. The van der Waals surface area contributed by atoms with Crippen LogP contribution in [-0.4, -0.2) is 47.0 Å². The molecule has 0 spiro atoms. The van der Waals surface area contributed by atoms with Crippen molar-refractivity contribution in [3.63, 3.8) is 0 Å². The zero-order valence-electron chi connectivity index (χ0n) is 11.6. The number of urea groups is 1. The molecule has 2 amide bonds. The molecule has 0 bridgehead atoms. The number of aromatic nitrogens is 2. The molecule has 1 aliphatic rings. The predicted octanol–water partition coefficient (Wildman–Crippen LogP) is 1.84. The summed E-state index contributed by atoms with van der Waals surface area (Å²) in [6.45, 7) is 1.63. The molecule has 2 rings (SSSR count). The Kier molecular flexibility index (Phi) is 4.79. The summed E-state index contributed by atoms with van der Waals surface area (Å²) in [5.74, 6) is 0. The van der Waals surface area contributed by atoms with Gasteiger partial charge in [0, 0.05) is 33.4 Å². The van der Waals surface area contributed by atoms with Crippen molar-refractivity contribution in [1.82, 2.24) is 14.7 Å². The van der Waals surface area contributed by atoms with E-state index in [1.54, 1.807) is 29.0 Å². The molecule has 106 valence electrons. The van der Waals surface area contributed by atoms with Crippen LogP contribution >= 0.6 is 0 Å². The van der Waals surface area contributed by atoms with Gasteiger partial charge in [-0.25, -0.2) is 4.79 Å². The van der Waals surface area contributed by atoms with Gasteiger partial charge in [0.05, 0.1) is 18.0 Å². The standard InChI is InChI=1S/C13H22N4O2/c1-16(7-3-5-12-6-4-8-19-12)13(18)15-11-9-14-17(2)10-11/h9-10,12H,3-8H2,1-2H3,(H,15,18)/t12-/m1/s1. The van der Waals surface area contributed by atoms with Crippen molar-refractivity contribution in [3.8, 4) is 0 Å². The monoisotopic (exact) mass is 266 g/mol. The van der Waals surface area contributed by atoms with Crippen LogP contribution in [0.15, 0.2) is 12.4 Å². The average Bonchev–Trinajstić information content (AvgIpc) is 3.01. The summed E-state index contributed by atoms with van der Waals surface area (Å²) in [5.41, 5.74) is 0.721. The first-order valence-electron chi connectivity index (χ1n) is 6.77. The van der Waals surface area contributed by atoms with Gasteiger partial charge in [-0.3, -0.25) is 4.68 Å². The van der Waals surface area contributed by atoms with E-state index >= 15 is 0 Å². The topological polar surface area (TPSA) is 59.4 Å². The average molecular weight is 266 g/mol. The molecule has 0 saturated carbocycles. The molecule has 1 atom stereocenters. The summed E-state index contributed by atoms with van der Waals surface area (Å²) in [7, 11) is 3.63. The third-order valence-electron chi connectivity index (χ3n) is 3.35. The van der Waals surface area contributed by atoms with Crippen LogP contribution in [0, 0.1) is 0 Å². The number of rotatable bonds is 5. The Hall–Kier alpha value is -1.56. The molecular formula is C13H22N4O2. The van der Waals surface area contributed by atoms with Crippen molar-refractivity contribution in [1.29, 1.82) is 0 Å². The fourth-order valence-electron chi connectivity index (χ4n) is 2.23. The van der Waals surface area contributed by atoms with Gasteiger partial charge in [0.25, 0.3) is 0 Å². The first-order valence-corrected chi connectivity index (χ1v) is 6.77. The molecule has 1 fully saturated rings. The van der Waals surface area contributed by atoms with Crippen LogP contribution in [0.4, 0.5) is 10.5 Å². The Morgan fingerprint density at radius 2 is 2.53 bits per heavy atom. The quantitative estimate of drug-likeness (QED) is 0.884. The molecule has 1 aliphatic heterocycles. The first-order chi connectivity index (χ1) is 9.15. The van der Waals surface area contributed by atoms with Gasteiger partial charge in [-0.1, -0.05) is 0 Å². The molecule has 1 N–H and O–H groups in total. The third kappa shape index (κ3) is 4.24. The summed E-state index contributed by atoms with van der Waals surface area (Å²) in [4.78, 5) is 13.6. The van der Waals surface area contributed by atoms with E-state index in [0.717, 1.165) is 38.1 Å². The Morgan fingerprint density at radius 1 is 1.68 bits per heavy atom.